The van der Waals surface area contributed by atoms with E-state index >= 15 is 0 Å². The van der Waals surface area contributed by atoms with Gasteiger partial charge in [-0.15, -0.1) is 0 Å². The Morgan fingerprint density at radius 1 is 1.24 bits per heavy atom. The first-order valence-electron chi connectivity index (χ1n) is 7.54. The minimum absolute atomic E-state index is 0.00946. The Hall–Kier alpha value is -1.65. The summed E-state index contributed by atoms with van der Waals surface area (Å²) >= 11 is 11.3. The molecule has 1 aliphatic rings. The highest BCUT2D eigenvalue weighted by atomic mass is 35.5. The Bertz CT molecular complexity index is 810. The van der Waals surface area contributed by atoms with E-state index in [2.05, 4.69) is 15.0 Å². The molecule has 11 heteroatoms. The van der Waals surface area contributed by atoms with Gasteiger partial charge in [-0.1, -0.05) is 11.6 Å². The third-order valence-corrected chi connectivity index (χ3v) is 4.82. The Kier molecular flexibility index (Phi) is 5.03. The molecule has 0 aromatic carbocycles. The van der Waals surface area contributed by atoms with E-state index in [9.17, 15) is 13.2 Å². The second-order valence-corrected chi connectivity index (χ2v) is 6.57. The minimum atomic E-state index is -4.45. The molecule has 0 N–H and O–H groups in total. The van der Waals surface area contributed by atoms with Gasteiger partial charge in [0.1, 0.15) is 12.1 Å². The predicted molar refractivity (Wildman–Crippen MR) is 90.1 cm³/mol. The normalized spacial score (nSPS) is 16.4. The Labute approximate surface area is 152 Å². The summed E-state index contributed by atoms with van der Waals surface area (Å²) in [5, 5.41) is 4.22. The molecule has 0 amide bonds. The number of rotatable bonds is 3. The molecule has 1 aliphatic heterocycles. The lowest BCUT2D eigenvalue weighted by atomic mass is 10.2. The van der Waals surface area contributed by atoms with Crippen LogP contribution in [-0.2, 0) is 19.9 Å². The van der Waals surface area contributed by atoms with Crippen LogP contribution in [0.15, 0.2) is 18.6 Å². The number of alkyl halides is 3. The van der Waals surface area contributed by atoms with Crippen molar-refractivity contribution in [3.05, 3.63) is 33.9 Å². The van der Waals surface area contributed by atoms with Gasteiger partial charge >= 0.3 is 6.18 Å². The summed E-state index contributed by atoms with van der Waals surface area (Å²) in [7, 11) is 1.84. The van der Waals surface area contributed by atoms with Crippen LogP contribution in [-0.4, -0.2) is 50.4 Å². The van der Waals surface area contributed by atoms with E-state index in [4.69, 9.17) is 23.8 Å². The molecule has 1 saturated heterocycles. The van der Waals surface area contributed by atoms with Gasteiger partial charge in [0.25, 0.3) is 0 Å². The molecule has 2 aromatic heterocycles. The van der Waals surface area contributed by atoms with E-state index in [1.54, 1.807) is 15.6 Å². The number of aryl methyl sites for hydroxylation is 1. The van der Waals surface area contributed by atoms with Crippen LogP contribution in [0.1, 0.15) is 5.56 Å². The predicted octanol–water partition coefficient (Wildman–Crippen LogP) is 2.80. The first-order valence-corrected chi connectivity index (χ1v) is 8.33. The molecule has 0 unspecified atom stereocenters. The lowest BCUT2D eigenvalue weighted by molar-refractivity contribution is -0.137. The van der Waals surface area contributed by atoms with E-state index in [-0.39, 0.29) is 5.02 Å². The Morgan fingerprint density at radius 2 is 1.92 bits per heavy atom. The summed E-state index contributed by atoms with van der Waals surface area (Å²) in [6.45, 7) is 3.20. The molecule has 25 heavy (non-hydrogen) atoms. The van der Waals surface area contributed by atoms with Crippen molar-refractivity contribution in [1.82, 2.24) is 24.2 Å². The fraction of sp³-hybridized carbons (Fsp3) is 0.500. The fourth-order valence-electron chi connectivity index (χ4n) is 2.63. The van der Waals surface area contributed by atoms with Gasteiger partial charge in [-0.25, -0.2) is 9.67 Å². The maximum atomic E-state index is 12.7. The summed E-state index contributed by atoms with van der Waals surface area (Å²) in [6, 6.07) is 0.920. The highest BCUT2D eigenvalue weighted by molar-refractivity contribution is 7.71. The summed E-state index contributed by atoms with van der Waals surface area (Å²) in [4.78, 5) is 7.96. The van der Waals surface area contributed by atoms with Crippen molar-refractivity contribution >= 4 is 29.6 Å². The molecule has 1 fully saturated rings. The topological polar surface area (TPSA) is 42.1 Å². The molecular weight excluding hydrogens is 377 g/mol. The van der Waals surface area contributed by atoms with Crippen LogP contribution in [0, 0.1) is 4.77 Å². The van der Waals surface area contributed by atoms with Crippen LogP contribution in [0.3, 0.4) is 0 Å². The highest BCUT2D eigenvalue weighted by Gasteiger charge is 2.32. The number of aromatic nitrogens is 4. The lowest BCUT2D eigenvalue weighted by Gasteiger charge is -2.35. The molecule has 6 nitrogen and oxygen atoms in total. The van der Waals surface area contributed by atoms with Crippen LogP contribution in [0.4, 0.5) is 19.0 Å². The zero-order chi connectivity index (χ0) is 18.2. The summed E-state index contributed by atoms with van der Waals surface area (Å²) < 4.78 is 42.2. The van der Waals surface area contributed by atoms with Gasteiger partial charge in [-0.05, 0) is 18.3 Å². The molecule has 0 spiro atoms. The van der Waals surface area contributed by atoms with Gasteiger partial charge in [0.05, 0.1) is 17.3 Å². The SMILES string of the molecule is Cn1cnn(CN2CCN(c3ncc(C(F)(F)F)cc3Cl)CC2)c1=S. The van der Waals surface area contributed by atoms with E-state index < -0.39 is 11.7 Å². The quantitative estimate of drug-likeness (QED) is 0.751. The lowest BCUT2D eigenvalue weighted by Crippen LogP contribution is -2.47. The second kappa shape index (κ2) is 6.93. The van der Waals surface area contributed by atoms with Crippen molar-refractivity contribution in [1.29, 1.82) is 0 Å². The van der Waals surface area contributed by atoms with E-state index in [0.29, 0.717) is 43.4 Å². The average molecular weight is 393 g/mol. The molecule has 0 bridgehead atoms. The van der Waals surface area contributed by atoms with Crippen LogP contribution in [0.2, 0.25) is 5.02 Å². The third-order valence-electron chi connectivity index (χ3n) is 4.04. The van der Waals surface area contributed by atoms with E-state index in [1.165, 1.54) is 0 Å². The van der Waals surface area contributed by atoms with Gasteiger partial charge < -0.3 is 9.47 Å². The average Bonchev–Trinajstić information content (AvgIpc) is 2.87. The van der Waals surface area contributed by atoms with Gasteiger partial charge in [0.2, 0.25) is 0 Å². The van der Waals surface area contributed by atoms with Crippen molar-refractivity contribution in [2.45, 2.75) is 12.8 Å². The van der Waals surface area contributed by atoms with Crippen LogP contribution in [0.25, 0.3) is 0 Å². The number of halogens is 4. The van der Waals surface area contributed by atoms with E-state index in [1.807, 2.05) is 11.9 Å². The first-order chi connectivity index (χ1) is 11.8. The molecule has 3 rings (SSSR count). The monoisotopic (exact) mass is 392 g/mol. The van der Waals surface area contributed by atoms with Gasteiger partial charge in [0.15, 0.2) is 4.77 Å². The maximum absolute atomic E-state index is 12.7. The molecule has 0 aliphatic carbocycles. The molecule has 0 saturated carbocycles. The van der Waals surface area contributed by atoms with Crippen molar-refractivity contribution in [2.24, 2.45) is 7.05 Å². The number of hydrogen-bond donors (Lipinski definition) is 0. The standard InChI is InChI=1S/C14H16ClF3N6S/c1-21-8-20-24(13(21)25)9-22-2-4-23(5-3-22)12-11(15)6-10(7-19-12)14(16,17)18/h6-8H,2-5,9H2,1H3. The molecular formula is C14H16ClF3N6S. The highest BCUT2D eigenvalue weighted by Crippen LogP contribution is 2.33. The van der Waals surface area contributed by atoms with Gasteiger partial charge in [-0.2, -0.15) is 18.3 Å². The molecule has 0 radical (unpaired) electrons. The molecule has 3 heterocycles. The second-order valence-electron chi connectivity index (χ2n) is 5.80. The maximum Gasteiger partial charge on any atom is 0.417 e. The van der Waals surface area contributed by atoms with Crippen molar-refractivity contribution in [3.8, 4) is 0 Å². The van der Waals surface area contributed by atoms with Gasteiger partial charge in [0, 0.05) is 39.4 Å². The first kappa shape index (κ1) is 18.2. The third kappa shape index (κ3) is 3.96. The summed E-state index contributed by atoms with van der Waals surface area (Å²) in [6.07, 6.45) is -1.97. The molecule has 2 aromatic rings. The van der Waals surface area contributed by atoms with Crippen LogP contribution in [0.5, 0.6) is 0 Å². The number of pyridine rings is 1. The largest absolute Gasteiger partial charge is 0.417 e. The van der Waals surface area contributed by atoms with Crippen LogP contribution >= 0.6 is 23.8 Å². The van der Waals surface area contributed by atoms with Crippen molar-refractivity contribution < 1.29 is 13.2 Å². The zero-order valence-corrected chi connectivity index (χ0v) is 14.9. The van der Waals surface area contributed by atoms with Crippen LogP contribution < -0.4 is 4.90 Å². The number of anilines is 1. The number of nitrogens with zero attached hydrogens (tertiary/aromatic N) is 6. The van der Waals surface area contributed by atoms with Gasteiger partial charge in [-0.3, -0.25) is 4.90 Å². The van der Waals surface area contributed by atoms with E-state index in [0.717, 1.165) is 12.3 Å². The minimum Gasteiger partial charge on any atom is -0.353 e. The molecule has 136 valence electrons. The fourth-order valence-corrected chi connectivity index (χ4v) is 3.06. The van der Waals surface area contributed by atoms with Crippen molar-refractivity contribution in [3.63, 3.8) is 0 Å². The van der Waals surface area contributed by atoms with Crippen molar-refractivity contribution in [2.75, 3.05) is 31.1 Å². The number of hydrogen-bond acceptors (Lipinski definition) is 5. The summed E-state index contributed by atoms with van der Waals surface area (Å²) in [5.41, 5.74) is -0.843. The Balaban J connectivity index is 1.64. The number of piperazine rings is 1. The zero-order valence-electron chi connectivity index (χ0n) is 13.4. The molecule has 0 atom stereocenters. The smallest absolute Gasteiger partial charge is 0.353 e. The summed E-state index contributed by atoms with van der Waals surface area (Å²) in [5.74, 6) is 0.378. The Morgan fingerprint density at radius 3 is 2.44 bits per heavy atom.